The van der Waals surface area contributed by atoms with E-state index in [9.17, 15) is 0 Å². The molecule has 0 unspecified atom stereocenters. The van der Waals surface area contributed by atoms with Gasteiger partial charge >= 0.3 is 0 Å². The van der Waals surface area contributed by atoms with Gasteiger partial charge in [-0.05, 0) is 70.5 Å². The van der Waals surface area contributed by atoms with Gasteiger partial charge in [0.25, 0.3) is 0 Å². The van der Waals surface area contributed by atoms with Crippen LogP contribution in [0, 0.1) is 0 Å². The molecule has 0 aliphatic carbocycles. The zero-order valence-corrected chi connectivity index (χ0v) is 31.8. The number of hydrogen-bond donors (Lipinski definition) is 0. The number of furan rings is 1. The largest absolute Gasteiger partial charge is 0.456 e. The Hall–Kier alpha value is -7.21. The van der Waals surface area contributed by atoms with Crippen molar-refractivity contribution in [3.05, 3.63) is 181 Å². The van der Waals surface area contributed by atoms with Crippen LogP contribution >= 0.6 is 11.3 Å². The van der Waals surface area contributed by atoms with Crippen LogP contribution in [0.25, 0.3) is 115 Å². The first-order valence-corrected chi connectivity index (χ1v) is 19.9. The van der Waals surface area contributed by atoms with Gasteiger partial charge in [0.2, 0.25) is 0 Å². The lowest BCUT2D eigenvalue weighted by Crippen LogP contribution is -2.00. The summed E-state index contributed by atoms with van der Waals surface area (Å²) in [6.45, 7) is 2.04. The number of aromatic nitrogens is 3. The molecule has 268 valence electrons. The van der Waals surface area contributed by atoms with Crippen molar-refractivity contribution in [2.75, 3.05) is 0 Å². The average molecular weight is 748 g/mol. The van der Waals surface area contributed by atoms with Crippen molar-refractivity contribution in [2.45, 2.75) is 6.92 Å². The van der Waals surface area contributed by atoms with Gasteiger partial charge in [-0.1, -0.05) is 152 Å². The fourth-order valence-electron chi connectivity index (χ4n) is 8.19. The zero-order valence-electron chi connectivity index (χ0n) is 31.0. The first-order chi connectivity index (χ1) is 28.2. The number of fused-ring (bicyclic) bond motifs is 8. The molecule has 0 N–H and O–H groups in total. The van der Waals surface area contributed by atoms with E-state index in [-0.39, 0.29) is 0 Å². The van der Waals surface area contributed by atoms with Crippen molar-refractivity contribution in [1.29, 1.82) is 0 Å². The quantitative estimate of drug-likeness (QED) is 0.170. The Kier molecular flexibility index (Phi) is 7.86. The van der Waals surface area contributed by atoms with E-state index in [0.29, 0.717) is 17.5 Å². The van der Waals surface area contributed by atoms with Crippen LogP contribution in [-0.4, -0.2) is 15.0 Å². The molecule has 57 heavy (non-hydrogen) atoms. The van der Waals surface area contributed by atoms with Crippen LogP contribution in [0.4, 0.5) is 0 Å². The molecule has 0 aliphatic heterocycles. The van der Waals surface area contributed by atoms with Gasteiger partial charge in [-0.2, -0.15) is 0 Å². The molecule has 11 aromatic rings. The number of allylic oxidation sites excluding steroid dienone is 1. The first kappa shape index (κ1) is 33.2. The number of benzene rings is 8. The molecule has 0 saturated heterocycles. The van der Waals surface area contributed by atoms with Gasteiger partial charge in [0.05, 0.1) is 0 Å². The van der Waals surface area contributed by atoms with E-state index in [2.05, 4.69) is 140 Å². The summed E-state index contributed by atoms with van der Waals surface area (Å²) in [4.78, 5) is 15.3. The lowest BCUT2D eigenvalue weighted by molar-refractivity contribution is 0.669. The minimum Gasteiger partial charge on any atom is -0.456 e. The third-order valence-corrected chi connectivity index (χ3v) is 12.1. The lowest BCUT2D eigenvalue weighted by Gasteiger charge is -2.11. The first-order valence-electron chi connectivity index (χ1n) is 19.1. The fraction of sp³-hybridized carbons (Fsp3) is 0.0192. The molecule has 5 heteroatoms. The van der Waals surface area contributed by atoms with Gasteiger partial charge in [0, 0.05) is 53.0 Å². The Balaban J connectivity index is 1.06. The average Bonchev–Trinajstić information content (AvgIpc) is 3.85. The molecule has 8 aromatic carbocycles. The highest BCUT2D eigenvalue weighted by atomic mass is 32.1. The van der Waals surface area contributed by atoms with E-state index in [1.54, 1.807) is 0 Å². The fourth-order valence-corrected chi connectivity index (χ4v) is 9.41. The molecule has 0 bridgehead atoms. The SMILES string of the molecule is C/C=C\c1ccccc1-c1ccc(-c2nc(-c3ccccc3)nc(-c3cccc4oc5cc(-c6cc7c8ccccc8sc7c7ccccc67)ccc5c34)n2)cc1. The van der Waals surface area contributed by atoms with Crippen molar-refractivity contribution < 1.29 is 4.42 Å². The Morgan fingerprint density at radius 2 is 1.09 bits per heavy atom. The summed E-state index contributed by atoms with van der Waals surface area (Å²) < 4.78 is 9.29. The maximum absolute atomic E-state index is 6.67. The van der Waals surface area contributed by atoms with Gasteiger partial charge in [-0.3, -0.25) is 0 Å². The van der Waals surface area contributed by atoms with Crippen LogP contribution in [-0.2, 0) is 0 Å². The van der Waals surface area contributed by atoms with Gasteiger partial charge in [0.15, 0.2) is 17.5 Å². The molecule has 11 rings (SSSR count). The topological polar surface area (TPSA) is 51.8 Å². The number of rotatable bonds is 6. The second-order valence-electron chi connectivity index (χ2n) is 14.3. The summed E-state index contributed by atoms with van der Waals surface area (Å²) >= 11 is 1.86. The summed E-state index contributed by atoms with van der Waals surface area (Å²) in [6.07, 6.45) is 4.21. The summed E-state index contributed by atoms with van der Waals surface area (Å²) in [6, 6.07) is 59.6. The van der Waals surface area contributed by atoms with E-state index in [1.807, 2.05) is 60.7 Å². The lowest BCUT2D eigenvalue weighted by atomic mass is 9.94. The van der Waals surface area contributed by atoms with Gasteiger partial charge in [-0.25, -0.2) is 15.0 Å². The Morgan fingerprint density at radius 1 is 0.439 bits per heavy atom. The van der Waals surface area contributed by atoms with E-state index in [0.717, 1.165) is 49.8 Å². The zero-order chi connectivity index (χ0) is 37.9. The normalized spacial score (nSPS) is 11.9. The minimum absolute atomic E-state index is 0.597. The molecule has 4 nitrogen and oxygen atoms in total. The molecule has 3 aromatic heterocycles. The summed E-state index contributed by atoms with van der Waals surface area (Å²) in [5.74, 6) is 1.83. The van der Waals surface area contributed by atoms with E-state index < -0.39 is 0 Å². The molecule has 0 amide bonds. The van der Waals surface area contributed by atoms with Crippen LogP contribution < -0.4 is 0 Å². The van der Waals surface area contributed by atoms with Gasteiger partial charge in [0.1, 0.15) is 11.2 Å². The number of nitrogens with zero attached hydrogens (tertiary/aromatic N) is 3. The third-order valence-electron chi connectivity index (χ3n) is 10.9. The molecule has 0 aliphatic rings. The molecule has 3 heterocycles. The molecule has 0 fully saturated rings. The van der Waals surface area contributed by atoms with Gasteiger partial charge in [-0.15, -0.1) is 11.3 Å². The highest BCUT2D eigenvalue weighted by Crippen LogP contribution is 2.44. The van der Waals surface area contributed by atoms with E-state index in [4.69, 9.17) is 19.4 Å². The van der Waals surface area contributed by atoms with Crippen LogP contribution in [0.3, 0.4) is 0 Å². The molecule has 0 atom stereocenters. The van der Waals surface area contributed by atoms with Crippen LogP contribution in [0.2, 0.25) is 0 Å². The second kappa shape index (κ2) is 13.5. The monoisotopic (exact) mass is 747 g/mol. The van der Waals surface area contributed by atoms with Crippen LogP contribution in [0.5, 0.6) is 0 Å². The molecular weight excluding hydrogens is 715 g/mol. The van der Waals surface area contributed by atoms with Crippen molar-refractivity contribution in [1.82, 2.24) is 15.0 Å². The molecule has 0 spiro atoms. The minimum atomic E-state index is 0.597. The summed E-state index contributed by atoms with van der Waals surface area (Å²) in [7, 11) is 0. The Morgan fingerprint density at radius 3 is 1.91 bits per heavy atom. The Labute approximate surface area is 333 Å². The van der Waals surface area contributed by atoms with Crippen molar-refractivity contribution in [3.8, 4) is 56.4 Å². The van der Waals surface area contributed by atoms with Crippen LogP contribution in [0.15, 0.2) is 180 Å². The predicted molar refractivity (Wildman–Crippen MR) is 239 cm³/mol. The maximum Gasteiger partial charge on any atom is 0.164 e. The molecule has 0 radical (unpaired) electrons. The smallest absolute Gasteiger partial charge is 0.164 e. The summed E-state index contributed by atoms with van der Waals surface area (Å²) in [5, 5.41) is 7.07. The van der Waals surface area contributed by atoms with Crippen molar-refractivity contribution >= 4 is 70.3 Å². The van der Waals surface area contributed by atoms with Crippen molar-refractivity contribution in [3.63, 3.8) is 0 Å². The standard InChI is InChI=1S/C52H33N3OS/c1-2-13-32-14-6-7-17-37(32)33-24-26-35(27-25-33)51-53-50(34-15-4-3-5-16-34)54-52(55-51)42-21-12-22-45-48(42)41-29-28-36(30-46(41)56-45)43-31-44-39-19-10-11-23-47(39)57-49(44)40-20-9-8-18-38(40)43/h2-31H,1H3/b13-2-. The molecule has 0 saturated carbocycles. The predicted octanol–water partition coefficient (Wildman–Crippen LogP) is 14.7. The third kappa shape index (κ3) is 5.63. The molecular formula is C52H33N3OS. The number of thiophene rings is 1. The van der Waals surface area contributed by atoms with Crippen LogP contribution in [0.1, 0.15) is 12.5 Å². The Bertz CT molecular complexity index is 3360. The summed E-state index contributed by atoms with van der Waals surface area (Å²) in [5.41, 5.74) is 10.1. The highest BCUT2D eigenvalue weighted by molar-refractivity contribution is 7.26. The van der Waals surface area contributed by atoms with Crippen molar-refractivity contribution in [2.24, 2.45) is 0 Å². The highest BCUT2D eigenvalue weighted by Gasteiger charge is 2.20. The number of hydrogen-bond acceptors (Lipinski definition) is 5. The van der Waals surface area contributed by atoms with Gasteiger partial charge < -0.3 is 4.42 Å². The van der Waals surface area contributed by atoms with E-state index in [1.165, 1.54) is 47.6 Å². The maximum atomic E-state index is 6.67. The van der Waals surface area contributed by atoms with E-state index >= 15 is 0 Å². The second-order valence-corrected chi connectivity index (χ2v) is 15.3.